The van der Waals surface area contributed by atoms with Crippen molar-refractivity contribution < 1.29 is 4.79 Å². The van der Waals surface area contributed by atoms with Gasteiger partial charge in [-0.1, -0.05) is 47.1 Å². The first kappa shape index (κ1) is 21.4. The first-order valence-electron chi connectivity index (χ1n) is 9.46. The fraction of sp³-hybridized carbons (Fsp3) is 0.0870. The number of anilines is 1. The molecule has 1 heterocycles. The van der Waals surface area contributed by atoms with E-state index in [0.29, 0.717) is 26.7 Å². The van der Waals surface area contributed by atoms with E-state index in [9.17, 15) is 4.79 Å². The van der Waals surface area contributed by atoms with E-state index in [1.165, 1.54) is 11.8 Å². The Balaban J connectivity index is 1.60. The molecule has 4 rings (SSSR count). The molecule has 0 saturated heterocycles. The summed E-state index contributed by atoms with van der Waals surface area (Å²) in [5.74, 6) is 0.731. The standard InChI is InChI=1S/C23H18Cl2N4OS/c1-15-3-2-4-20(13-15)29-22(16-5-7-17(24)8-6-16)27-28-23(29)31-14-21(30)26-19-11-9-18(25)10-12-19/h2-13H,14H2,1H3,(H,26,30). The molecule has 1 amide bonds. The lowest BCUT2D eigenvalue weighted by atomic mass is 10.2. The molecule has 0 unspecified atom stereocenters. The molecule has 1 N–H and O–H groups in total. The van der Waals surface area contributed by atoms with Crippen LogP contribution in [0.4, 0.5) is 5.69 Å². The first-order chi connectivity index (χ1) is 15.0. The van der Waals surface area contributed by atoms with E-state index in [1.807, 2.05) is 54.0 Å². The summed E-state index contributed by atoms with van der Waals surface area (Å²) >= 11 is 13.3. The molecule has 5 nitrogen and oxygen atoms in total. The van der Waals surface area contributed by atoms with Crippen LogP contribution in [0.25, 0.3) is 17.1 Å². The third kappa shape index (κ3) is 5.28. The van der Waals surface area contributed by atoms with Gasteiger partial charge in [0.15, 0.2) is 11.0 Å². The minimum Gasteiger partial charge on any atom is -0.325 e. The van der Waals surface area contributed by atoms with Crippen molar-refractivity contribution in [3.8, 4) is 17.1 Å². The van der Waals surface area contributed by atoms with Crippen LogP contribution in [-0.4, -0.2) is 26.4 Å². The van der Waals surface area contributed by atoms with Crippen molar-refractivity contribution in [2.24, 2.45) is 0 Å². The maximum atomic E-state index is 12.4. The second-order valence-corrected chi connectivity index (χ2v) is 8.65. The van der Waals surface area contributed by atoms with E-state index in [-0.39, 0.29) is 11.7 Å². The second-order valence-electron chi connectivity index (χ2n) is 6.83. The fourth-order valence-electron chi connectivity index (χ4n) is 3.01. The predicted molar refractivity (Wildman–Crippen MR) is 127 cm³/mol. The Morgan fingerprint density at radius 2 is 1.65 bits per heavy atom. The molecule has 156 valence electrons. The van der Waals surface area contributed by atoms with Gasteiger partial charge in [-0.15, -0.1) is 10.2 Å². The lowest BCUT2D eigenvalue weighted by Crippen LogP contribution is -2.14. The molecule has 0 radical (unpaired) electrons. The van der Waals surface area contributed by atoms with Crippen LogP contribution in [0.2, 0.25) is 10.0 Å². The van der Waals surface area contributed by atoms with Crippen molar-refractivity contribution in [3.63, 3.8) is 0 Å². The van der Waals surface area contributed by atoms with Crippen LogP contribution in [0.5, 0.6) is 0 Å². The van der Waals surface area contributed by atoms with Gasteiger partial charge in [-0.2, -0.15) is 0 Å². The summed E-state index contributed by atoms with van der Waals surface area (Å²) in [4.78, 5) is 12.4. The highest BCUT2D eigenvalue weighted by Crippen LogP contribution is 2.29. The summed E-state index contributed by atoms with van der Waals surface area (Å²) in [6, 6.07) is 22.5. The Morgan fingerprint density at radius 3 is 2.32 bits per heavy atom. The number of carbonyl (C=O) groups is 1. The van der Waals surface area contributed by atoms with Crippen molar-refractivity contribution in [2.75, 3.05) is 11.1 Å². The van der Waals surface area contributed by atoms with Crippen LogP contribution in [0, 0.1) is 6.92 Å². The van der Waals surface area contributed by atoms with E-state index in [1.54, 1.807) is 24.3 Å². The SMILES string of the molecule is Cc1cccc(-n2c(SCC(=O)Nc3ccc(Cl)cc3)nnc2-c2ccc(Cl)cc2)c1. The highest BCUT2D eigenvalue weighted by Gasteiger charge is 2.17. The average Bonchev–Trinajstić information content (AvgIpc) is 3.18. The second kappa shape index (κ2) is 9.56. The van der Waals surface area contributed by atoms with Gasteiger partial charge in [0.2, 0.25) is 5.91 Å². The number of amides is 1. The summed E-state index contributed by atoms with van der Waals surface area (Å²) in [7, 11) is 0. The van der Waals surface area contributed by atoms with Crippen LogP contribution in [-0.2, 0) is 4.79 Å². The van der Waals surface area contributed by atoms with Crippen LogP contribution in [0.15, 0.2) is 78.0 Å². The number of hydrogen-bond donors (Lipinski definition) is 1. The number of nitrogens with zero attached hydrogens (tertiary/aromatic N) is 3. The zero-order valence-corrected chi connectivity index (χ0v) is 18.9. The monoisotopic (exact) mass is 468 g/mol. The molecule has 4 aromatic rings. The number of rotatable bonds is 6. The van der Waals surface area contributed by atoms with Gasteiger partial charge >= 0.3 is 0 Å². The summed E-state index contributed by atoms with van der Waals surface area (Å²) in [5.41, 5.74) is 3.62. The quantitative estimate of drug-likeness (QED) is 0.338. The number of carbonyl (C=O) groups excluding carboxylic acids is 1. The topological polar surface area (TPSA) is 59.8 Å². The van der Waals surface area contributed by atoms with E-state index in [0.717, 1.165) is 16.8 Å². The van der Waals surface area contributed by atoms with Gasteiger partial charge in [-0.25, -0.2) is 0 Å². The summed E-state index contributed by atoms with van der Waals surface area (Å²) < 4.78 is 1.95. The number of benzene rings is 3. The largest absolute Gasteiger partial charge is 0.325 e. The Kier molecular flexibility index (Phi) is 6.61. The molecule has 31 heavy (non-hydrogen) atoms. The maximum absolute atomic E-state index is 12.4. The molecular formula is C23H18Cl2N4OS. The highest BCUT2D eigenvalue weighted by atomic mass is 35.5. The number of thioether (sulfide) groups is 1. The number of hydrogen-bond acceptors (Lipinski definition) is 4. The molecule has 0 fully saturated rings. The Morgan fingerprint density at radius 1 is 0.968 bits per heavy atom. The lowest BCUT2D eigenvalue weighted by Gasteiger charge is -2.11. The molecule has 0 aliphatic rings. The van der Waals surface area contributed by atoms with Crippen molar-refractivity contribution in [1.82, 2.24) is 14.8 Å². The molecule has 0 aliphatic heterocycles. The molecule has 0 atom stereocenters. The van der Waals surface area contributed by atoms with E-state index in [2.05, 4.69) is 21.6 Å². The van der Waals surface area contributed by atoms with Gasteiger partial charge in [-0.3, -0.25) is 9.36 Å². The molecule has 8 heteroatoms. The van der Waals surface area contributed by atoms with E-state index >= 15 is 0 Å². The lowest BCUT2D eigenvalue weighted by molar-refractivity contribution is -0.113. The average molecular weight is 469 g/mol. The minimum absolute atomic E-state index is 0.140. The van der Waals surface area contributed by atoms with Crippen LogP contribution >= 0.6 is 35.0 Å². The van der Waals surface area contributed by atoms with Gasteiger partial charge in [0.25, 0.3) is 0 Å². The zero-order chi connectivity index (χ0) is 21.8. The smallest absolute Gasteiger partial charge is 0.234 e. The third-order valence-electron chi connectivity index (χ3n) is 4.46. The molecule has 0 spiro atoms. The van der Waals surface area contributed by atoms with Crippen molar-refractivity contribution >= 4 is 46.6 Å². The van der Waals surface area contributed by atoms with Gasteiger partial charge in [0.1, 0.15) is 0 Å². The van der Waals surface area contributed by atoms with Crippen LogP contribution < -0.4 is 5.32 Å². The Labute approximate surface area is 194 Å². The first-order valence-corrected chi connectivity index (χ1v) is 11.2. The minimum atomic E-state index is -0.140. The van der Waals surface area contributed by atoms with E-state index < -0.39 is 0 Å². The molecule has 0 aliphatic carbocycles. The Hall–Kier alpha value is -2.80. The van der Waals surface area contributed by atoms with Crippen LogP contribution in [0.3, 0.4) is 0 Å². The number of halogens is 2. The zero-order valence-electron chi connectivity index (χ0n) is 16.5. The summed E-state index contributed by atoms with van der Waals surface area (Å²) in [6.45, 7) is 2.03. The van der Waals surface area contributed by atoms with Crippen molar-refractivity contribution in [1.29, 1.82) is 0 Å². The number of aromatic nitrogens is 3. The molecule has 0 bridgehead atoms. The predicted octanol–water partition coefficient (Wildman–Crippen LogP) is 6.28. The summed E-state index contributed by atoms with van der Waals surface area (Å²) in [5, 5.41) is 13.5. The molecule has 1 aromatic heterocycles. The molecular weight excluding hydrogens is 451 g/mol. The van der Waals surface area contributed by atoms with E-state index in [4.69, 9.17) is 23.2 Å². The normalized spacial score (nSPS) is 10.8. The number of nitrogens with one attached hydrogen (secondary N) is 1. The summed E-state index contributed by atoms with van der Waals surface area (Å²) in [6.07, 6.45) is 0. The fourth-order valence-corrected chi connectivity index (χ4v) is 4.01. The third-order valence-corrected chi connectivity index (χ3v) is 5.89. The molecule has 3 aromatic carbocycles. The van der Waals surface area contributed by atoms with Gasteiger partial charge in [-0.05, 0) is 73.2 Å². The Bertz CT molecular complexity index is 1210. The number of aryl methyl sites for hydroxylation is 1. The van der Waals surface area contributed by atoms with Crippen LogP contribution in [0.1, 0.15) is 5.56 Å². The van der Waals surface area contributed by atoms with Crippen molar-refractivity contribution in [3.05, 3.63) is 88.4 Å². The molecule has 0 saturated carbocycles. The highest BCUT2D eigenvalue weighted by molar-refractivity contribution is 7.99. The van der Waals surface area contributed by atoms with Gasteiger partial charge < -0.3 is 5.32 Å². The van der Waals surface area contributed by atoms with Gasteiger partial charge in [0.05, 0.1) is 5.75 Å². The van der Waals surface area contributed by atoms with Gasteiger partial charge in [0, 0.05) is 27.0 Å². The van der Waals surface area contributed by atoms with Crippen molar-refractivity contribution in [2.45, 2.75) is 12.1 Å². The maximum Gasteiger partial charge on any atom is 0.234 e.